The van der Waals surface area contributed by atoms with Gasteiger partial charge in [0.15, 0.2) is 5.11 Å². The Morgan fingerprint density at radius 2 is 2.00 bits per heavy atom. The van der Waals surface area contributed by atoms with Crippen LogP contribution in [0.2, 0.25) is 0 Å². The quantitative estimate of drug-likeness (QED) is 0.742. The van der Waals surface area contributed by atoms with Gasteiger partial charge in [-0.2, -0.15) is 0 Å². The van der Waals surface area contributed by atoms with Crippen LogP contribution in [0.1, 0.15) is 11.1 Å². The van der Waals surface area contributed by atoms with E-state index in [-0.39, 0.29) is 0 Å². The second-order valence-corrected chi connectivity index (χ2v) is 4.87. The Kier molecular flexibility index (Phi) is 5.72. The molecule has 0 atom stereocenters. The minimum absolute atomic E-state index is 0.354. The number of methoxy groups -OCH3 is 1. The Morgan fingerprint density at radius 3 is 2.50 bits per heavy atom. The van der Waals surface area contributed by atoms with Crippen molar-refractivity contribution in [3.63, 3.8) is 0 Å². The maximum absolute atomic E-state index is 10.9. The molecule has 7 heteroatoms. The lowest BCUT2D eigenvalue weighted by molar-refractivity contribution is 0.185. The van der Waals surface area contributed by atoms with E-state index in [0.717, 1.165) is 11.1 Å². The first-order valence-electron chi connectivity index (χ1n) is 5.96. The number of amides is 1. The molecule has 0 aromatic heterocycles. The van der Waals surface area contributed by atoms with Gasteiger partial charge in [-0.05, 0) is 24.7 Å². The van der Waals surface area contributed by atoms with Crippen LogP contribution in [0, 0.1) is 6.92 Å². The zero-order chi connectivity index (χ0) is 15.3. The molecule has 20 heavy (non-hydrogen) atoms. The monoisotopic (exact) mass is 297 g/mol. The first-order chi connectivity index (χ1) is 9.36. The SMILES string of the molecule is COCc1ccc(C)c(NC(=O)O)c1NC(=S)N(C)C. The Morgan fingerprint density at radius 1 is 1.35 bits per heavy atom. The fraction of sp³-hybridized carbons (Fsp3) is 0.385. The number of carbonyl (C=O) groups is 1. The number of carboxylic acid groups (broad SMARTS) is 1. The largest absolute Gasteiger partial charge is 0.465 e. The number of nitrogens with zero attached hydrogens (tertiary/aromatic N) is 1. The van der Waals surface area contributed by atoms with E-state index >= 15 is 0 Å². The van der Waals surface area contributed by atoms with Crippen molar-refractivity contribution in [3.05, 3.63) is 23.3 Å². The van der Waals surface area contributed by atoms with E-state index in [1.165, 1.54) is 0 Å². The number of rotatable bonds is 4. The van der Waals surface area contributed by atoms with Crippen molar-refractivity contribution in [2.45, 2.75) is 13.5 Å². The number of hydrogen-bond donors (Lipinski definition) is 3. The molecule has 0 saturated heterocycles. The zero-order valence-corrected chi connectivity index (χ0v) is 12.8. The summed E-state index contributed by atoms with van der Waals surface area (Å²) in [6.45, 7) is 2.18. The Bertz CT molecular complexity index is 518. The molecule has 0 bridgehead atoms. The fourth-order valence-electron chi connectivity index (χ4n) is 1.66. The molecule has 1 aromatic rings. The minimum atomic E-state index is -1.12. The first-order valence-corrected chi connectivity index (χ1v) is 6.37. The number of ether oxygens (including phenoxy) is 1. The third kappa shape index (κ3) is 4.07. The molecule has 1 amide bonds. The molecule has 0 unspecified atom stereocenters. The summed E-state index contributed by atoms with van der Waals surface area (Å²) >= 11 is 5.22. The molecule has 0 saturated carbocycles. The normalized spacial score (nSPS) is 10.0. The third-order valence-corrected chi connectivity index (χ3v) is 3.14. The maximum Gasteiger partial charge on any atom is 0.409 e. The second-order valence-electron chi connectivity index (χ2n) is 4.48. The summed E-state index contributed by atoms with van der Waals surface area (Å²) in [5, 5.41) is 14.9. The zero-order valence-electron chi connectivity index (χ0n) is 12.0. The summed E-state index contributed by atoms with van der Waals surface area (Å²) in [5.41, 5.74) is 2.73. The van der Waals surface area contributed by atoms with Gasteiger partial charge < -0.3 is 20.1 Å². The lowest BCUT2D eigenvalue weighted by atomic mass is 10.1. The van der Waals surface area contributed by atoms with E-state index in [0.29, 0.717) is 23.1 Å². The molecule has 0 aliphatic carbocycles. The number of aryl methyl sites for hydroxylation is 1. The van der Waals surface area contributed by atoms with Crippen molar-refractivity contribution in [2.75, 3.05) is 31.8 Å². The van der Waals surface area contributed by atoms with Crippen LogP contribution in [-0.2, 0) is 11.3 Å². The number of hydrogen-bond acceptors (Lipinski definition) is 3. The molecule has 1 aromatic carbocycles. The van der Waals surface area contributed by atoms with Crippen LogP contribution in [0.5, 0.6) is 0 Å². The molecule has 0 heterocycles. The van der Waals surface area contributed by atoms with E-state index in [4.69, 9.17) is 22.1 Å². The highest BCUT2D eigenvalue weighted by atomic mass is 32.1. The van der Waals surface area contributed by atoms with Gasteiger partial charge in [-0.1, -0.05) is 12.1 Å². The standard InChI is InChI=1S/C13H19N3O3S/c1-8-5-6-9(7-19-4)11(10(8)15-13(17)18)14-12(20)16(2)3/h5-6,15H,7H2,1-4H3,(H,14,20)(H,17,18). The van der Waals surface area contributed by atoms with Crippen LogP contribution in [0.25, 0.3) is 0 Å². The molecule has 3 N–H and O–H groups in total. The topological polar surface area (TPSA) is 73.8 Å². The maximum atomic E-state index is 10.9. The van der Waals surface area contributed by atoms with E-state index in [2.05, 4.69) is 10.6 Å². The van der Waals surface area contributed by atoms with Gasteiger partial charge in [0, 0.05) is 26.8 Å². The van der Waals surface area contributed by atoms with Crippen LogP contribution >= 0.6 is 12.2 Å². The highest BCUT2D eigenvalue weighted by Gasteiger charge is 2.15. The Balaban J connectivity index is 3.27. The molecule has 6 nitrogen and oxygen atoms in total. The van der Waals surface area contributed by atoms with Gasteiger partial charge in [-0.15, -0.1) is 0 Å². The summed E-state index contributed by atoms with van der Waals surface area (Å²) < 4.78 is 5.14. The Labute approximate surface area is 123 Å². The smallest absolute Gasteiger partial charge is 0.409 e. The van der Waals surface area contributed by atoms with Gasteiger partial charge in [-0.25, -0.2) is 4.79 Å². The first kappa shape index (κ1) is 16.2. The van der Waals surface area contributed by atoms with Crippen molar-refractivity contribution >= 4 is 34.8 Å². The molecular weight excluding hydrogens is 278 g/mol. The summed E-state index contributed by atoms with van der Waals surface area (Å²) in [5.74, 6) is 0. The summed E-state index contributed by atoms with van der Waals surface area (Å²) in [7, 11) is 5.20. The molecule has 0 aliphatic rings. The number of benzene rings is 1. The van der Waals surface area contributed by atoms with Crippen LogP contribution in [-0.4, -0.2) is 42.4 Å². The molecule has 1 rings (SSSR count). The predicted molar refractivity (Wildman–Crippen MR) is 83.4 cm³/mol. The average Bonchev–Trinajstić information content (AvgIpc) is 2.36. The van der Waals surface area contributed by atoms with Crippen LogP contribution in [0.3, 0.4) is 0 Å². The molecule has 110 valence electrons. The van der Waals surface area contributed by atoms with Gasteiger partial charge in [-0.3, -0.25) is 5.32 Å². The highest BCUT2D eigenvalue weighted by Crippen LogP contribution is 2.31. The van der Waals surface area contributed by atoms with Gasteiger partial charge in [0.25, 0.3) is 0 Å². The third-order valence-electron chi connectivity index (χ3n) is 2.67. The molecule has 0 radical (unpaired) electrons. The van der Waals surface area contributed by atoms with Crippen LogP contribution in [0.15, 0.2) is 12.1 Å². The predicted octanol–water partition coefficient (Wildman–Crippen LogP) is 2.49. The molecule has 0 spiro atoms. The van der Waals surface area contributed by atoms with Crippen molar-refractivity contribution in [3.8, 4) is 0 Å². The lowest BCUT2D eigenvalue weighted by Gasteiger charge is -2.21. The van der Waals surface area contributed by atoms with Gasteiger partial charge >= 0.3 is 6.09 Å². The fourth-order valence-corrected chi connectivity index (χ4v) is 1.76. The van der Waals surface area contributed by atoms with Crippen molar-refractivity contribution in [1.82, 2.24) is 4.90 Å². The number of anilines is 2. The molecular formula is C13H19N3O3S. The lowest BCUT2D eigenvalue weighted by Crippen LogP contribution is -2.28. The van der Waals surface area contributed by atoms with E-state index in [9.17, 15) is 4.79 Å². The van der Waals surface area contributed by atoms with Crippen molar-refractivity contribution < 1.29 is 14.6 Å². The second kappa shape index (κ2) is 7.06. The van der Waals surface area contributed by atoms with E-state index in [1.807, 2.05) is 33.2 Å². The number of nitrogens with one attached hydrogen (secondary N) is 2. The highest BCUT2D eigenvalue weighted by molar-refractivity contribution is 7.80. The van der Waals surface area contributed by atoms with E-state index < -0.39 is 6.09 Å². The van der Waals surface area contributed by atoms with Crippen LogP contribution < -0.4 is 10.6 Å². The summed E-state index contributed by atoms with van der Waals surface area (Å²) in [4.78, 5) is 12.7. The van der Waals surface area contributed by atoms with Gasteiger partial charge in [0.2, 0.25) is 0 Å². The van der Waals surface area contributed by atoms with Gasteiger partial charge in [0.05, 0.1) is 18.0 Å². The Hall–Kier alpha value is -1.86. The summed E-state index contributed by atoms with van der Waals surface area (Å²) in [6, 6.07) is 3.72. The van der Waals surface area contributed by atoms with Crippen molar-refractivity contribution in [2.24, 2.45) is 0 Å². The van der Waals surface area contributed by atoms with Gasteiger partial charge in [0.1, 0.15) is 0 Å². The molecule has 0 aliphatic heterocycles. The van der Waals surface area contributed by atoms with Crippen molar-refractivity contribution in [1.29, 1.82) is 0 Å². The average molecular weight is 297 g/mol. The van der Waals surface area contributed by atoms with E-state index in [1.54, 1.807) is 12.0 Å². The number of thiocarbonyl (C=S) groups is 1. The minimum Gasteiger partial charge on any atom is -0.465 e. The molecule has 0 fully saturated rings. The summed E-state index contributed by atoms with van der Waals surface area (Å²) in [6.07, 6.45) is -1.12. The van der Waals surface area contributed by atoms with Crippen LogP contribution in [0.4, 0.5) is 16.2 Å².